The summed E-state index contributed by atoms with van der Waals surface area (Å²) in [6.45, 7) is 3.05. The van der Waals surface area contributed by atoms with Gasteiger partial charge in [-0.25, -0.2) is 4.79 Å². The number of esters is 3. The maximum absolute atomic E-state index is 12.8. The maximum atomic E-state index is 12.8. The molecule has 0 spiro atoms. The van der Waals surface area contributed by atoms with Gasteiger partial charge >= 0.3 is 23.7 Å². The van der Waals surface area contributed by atoms with Crippen molar-refractivity contribution in [1.82, 2.24) is 5.32 Å². The predicted molar refractivity (Wildman–Crippen MR) is 98.9 cm³/mol. The fourth-order valence-electron chi connectivity index (χ4n) is 3.07. The van der Waals surface area contributed by atoms with Crippen LogP contribution in [0.4, 0.5) is 0 Å². The molecule has 31 heavy (non-hydrogen) atoms. The van der Waals surface area contributed by atoms with Crippen LogP contribution in [0.25, 0.3) is 0 Å². The fraction of sp³-hybridized carbons (Fsp3) is 0.778. The van der Waals surface area contributed by atoms with Crippen molar-refractivity contribution in [3.05, 3.63) is 0 Å². The zero-order chi connectivity index (χ0) is 23.9. The van der Waals surface area contributed by atoms with E-state index in [2.05, 4.69) is 5.32 Å². The summed E-state index contributed by atoms with van der Waals surface area (Å²) in [4.78, 5) is 47.8. The number of nitrogens with one attached hydrogen (secondary N) is 1. The number of carbonyl (C=O) groups excluding carboxylic acids is 4. The van der Waals surface area contributed by atoms with Crippen LogP contribution in [-0.4, -0.2) is 99.8 Å². The molecule has 1 aliphatic rings. The Labute approximate surface area is 178 Å². The second-order valence-corrected chi connectivity index (χ2v) is 7.20. The molecule has 0 aromatic carbocycles. The molecule has 0 aliphatic carbocycles. The van der Waals surface area contributed by atoms with Gasteiger partial charge in [0.25, 0.3) is 0 Å². The van der Waals surface area contributed by atoms with Crippen molar-refractivity contribution < 1.29 is 58.6 Å². The van der Waals surface area contributed by atoms with Crippen molar-refractivity contribution in [3.63, 3.8) is 0 Å². The molecule has 1 heterocycles. The Balaban J connectivity index is 3.49. The molecule has 0 radical (unpaired) electrons. The number of hydrogen-bond donors (Lipinski definition) is 5. The van der Waals surface area contributed by atoms with Gasteiger partial charge in [0.1, 0.15) is 31.0 Å². The largest absolute Gasteiger partial charge is 0.460 e. The zero-order valence-electron chi connectivity index (χ0n) is 17.6. The molecule has 5 N–H and O–H groups in total. The van der Waals surface area contributed by atoms with Crippen molar-refractivity contribution in [1.29, 1.82) is 0 Å². The van der Waals surface area contributed by atoms with E-state index in [-0.39, 0.29) is 0 Å². The van der Waals surface area contributed by atoms with E-state index < -0.39 is 85.8 Å². The lowest BCUT2D eigenvalue weighted by Gasteiger charge is -2.47. The van der Waals surface area contributed by atoms with Gasteiger partial charge in [-0.3, -0.25) is 14.4 Å². The smallest absolute Gasteiger partial charge is 0.380 e. The quantitative estimate of drug-likeness (QED) is 0.177. The molecule has 1 amide bonds. The van der Waals surface area contributed by atoms with Crippen LogP contribution in [-0.2, 0) is 38.1 Å². The highest BCUT2D eigenvalue weighted by molar-refractivity contribution is 5.82. The van der Waals surface area contributed by atoms with Crippen molar-refractivity contribution in [2.24, 2.45) is 0 Å². The van der Waals surface area contributed by atoms with Crippen LogP contribution in [0.5, 0.6) is 0 Å². The normalized spacial score (nSPS) is 28.6. The Morgan fingerprint density at radius 2 is 1.74 bits per heavy atom. The summed E-state index contributed by atoms with van der Waals surface area (Å²) in [5.41, 5.74) is 0. The molecular formula is C18H29NO12. The molecule has 13 heteroatoms. The zero-order valence-corrected chi connectivity index (χ0v) is 17.6. The van der Waals surface area contributed by atoms with Gasteiger partial charge in [-0.15, -0.1) is 0 Å². The average Bonchev–Trinajstić information content (AvgIpc) is 2.65. The maximum Gasteiger partial charge on any atom is 0.380 e. The summed E-state index contributed by atoms with van der Waals surface area (Å²) in [6.07, 6.45) is -8.48. The Kier molecular flexibility index (Phi) is 9.77. The van der Waals surface area contributed by atoms with E-state index in [1.807, 2.05) is 0 Å². The minimum absolute atomic E-state index is 0.495. The number of rotatable bonds is 9. The molecule has 13 nitrogen and oxygen atoms in total. The molecule has 1 fully saturated rings. The third-order valence-corrected chi connectivity index (χ3v) is 4.23. The number of amides is 1. The number of aliphatic hydroxyl groups is 4. The molecule has 7 atom stereocenters. The van der Waals surface area contributed by atoms with Crippen LogP contribution < -0.4 is 5.32 Å². The van der Waals surface area contributed by atoms with Gasteiger partial charge in [-0.05, 0) is 6.92 Å². The summed E-state index contributed by atoms with van der Waals surface area (Å²) in [5, 5.41) is 41.4. The first-order chi connectivity index (χ1) is 14.3. The van der Waals surface area contributed by atoms with Crippen molar-refractivity contribution in [3.8, 4) is 0 Å². The molecule has 0 aromatic rings. The van der Waals surface area contributed by atoms with E-state index in [1.54, 1.807) is 0 Å². The van der Waals surface area contributed by atoms with E-state index >= 15 is 0 Å². The highest BCUT2D eigenvalue weighted by Crippen LogP contribution is 2.36. The molecule has 1 rings (SSSR count). The minimum atomic E-state index is -2.55. The molecular weight excluding hydrogens is 422 g/mol. The average molecular weight is 451 g/mol. The van der Waals surface area contributed by atoms with Gasteiger partial charge in [0.15, 0.2) is 0 Å². The van der Waals surface area contributed by atoms with E-state index in [0.29, 0.717) is 0 Å². The van der Waals surface area contributed by atoms with Crippen LogP contribution in [0.2, 0.25) is 0 Å². The summed E-state index contributed by atoms with van der Waals surface area (Å²) in [7, 11) is 0. The van der Waals surface area contributed by atoms with Crippen LogP contribution in [0.15, 0.2) is 0 Å². The van der Waals surface area contributed by atoms with Crippen molar-refractivity contribution in [2.45, 2.75) is 76.5 Å². The van der Waals surface area contributed by atoms with Crippen LogP contribution in [0, 0.1) is 0 Å². The third-order valence-electron chi connectivity index (χ3n) is 4.23. The summed E-state index contributed by atoms with van der Waals surface area (Å²) in [6, 6.07) is -1.30. The first-order valence-corrected chi connectivity index (χ1v) is 9.47. The monoisotopic (exact) mass is 451 g/mol. The van der Waals surface area contributed by atoms with Gasteiger partial charge in [0.05, 0.1) is 25.2 Å². The topological polar surface area (TPSA) is 198 Å². The highest BCUT2D eigenvalue weighted by Gasteiger charge is 2.59. The minimum Gasteiger partial charge on any atom is -0.460 e. The van der Waals surface area contributed by atoms with Crippen LogP contribution in [0.3, 0.4) is 0 Å². The highest BCUT2D eigenvalue weighted by atomic mass is 16.8. The fourth-order valence-corrected chi connectivity index (χ4v) is 3.07. The standard InChI is InChI=1S/C18H29NO12/c1-8(21)7-28-17(27)18(30-11(4)24)5-13(29-10(3)23)14(19-9(2)22)16(31-18)15(26)12(25)6-20/h8,12-16,20-21,25-26H,5-7H2,1-4H3,(H,19,22)/t8?,12?,13-,14+,15?,16+,18?/m0/s1. The van der Waals surface area contributed by atoms with Gasteiger partial charge in [0.2, 0.25) is 5.91 Å². The number of hydrogen-bond acceptors (Lipinski definition) is 12. The molecule has 1 aliphatic heterocycles. The number of ether oxygens (including phenoxy) is 4. The van der Waals surface area contributed by atoms with E-state index in [0.717, 1.165) is 20.8 Å². The lowest BCUT2D eigenvalue weighted by Crippen LogP contribution is -2.69. The molecule has 0 aromatic heterocycles. The van der Waals surface area contributed by atoms with E-state index in [4.69, 9.17) is 18.9 Å². The van der Waals surface area contributed by atoms with Gasteiger partial charge < -0.3 is 44.7 Å². The number of aliphatic hydroxyl groups excluding tert-OH is 4. The Morgan fingerprint density at radius 1 is 1.13 bits per heavy atom. The Morgan fingerprint density at radius 3 is 2.19 bits per heavy atom. The van der Waals surface area contributed by atoms with Crippen molar-refractivity contribution >= 4 is 23.8 Å². The first-order valence-electron chi connectivity index (χ1n) is 9.47. The lowest BCUT2D eigenvalue weighted by molar-refractivity contribution is -0.304. The molecule has 0 bridgehead atoms. The molecule has 0 saturated carbocycles. The van der Waals surface area contributed by atoms with Crippen molar-refractivity contribution in [2.75, 3.05) is 13.2 Å². The third kappa shape index (κ3) is 7.40. The molecule has 178 valence electrons. The van der Waals surface area contributed by atoms with Gasteiger partial charge in [0, 0.05) is 20.8 Å². The molecule has 1 saturated heterocycles. The van der Waals surface area contributed by atoms with Crippen LogP contribution >= 0.6 is 0 Å². The summed E-state index contributed by atoms with van der Waals surface area (Å²) in [5.74, 6) is -6.27. The van der Waals surface area contributed by atoms with Gasteiger partial charge in [-0.1, -0.05) is 0 Å². The SMILES string of the molecule is CC(=O)N[C@@H]1[C@@H](OC(C)=O)CC(OC(C)=O)(C(=O)OCC(C)O)O[C@H]1C(O)C(O)CO. The second-order valence-electron chi connectivity index (χ2n) is 7.20. The predicted octanol–water partition coefficient (Wildman–Crippen LogP) is -2.89. The van der Waals surface area contributed by atoms with Gasteiger partial charge in [-0.2, -0.15) is 0 Å². The second kappa shape index (κ2) is 11.3. The van der Waals surface area contributed by atoms with E-state index in [9.17, 15) is 39.6 Å². The first kappa shape index (κ1) is 26.7. The van der Waals surface area contributed by atoms with E-state index in [1.165, 1.54) is 6.92 Å². The lowest BCUT2D eigenvalue weighted by atomic mass is 9.88. The Bertz CT molecular complexity index is 668. The van der Waals surface area contributed by atoms with Crippen LogP contribution in [0.1, 0.15) is 34.1 Å². The molecule has 4 unspecified atom stereocenters. The number of carbonyl (C=O) groups is 4. The summed E-state index contributed by atoms with van der Waals surface area (Å²) < 4.78 is 20.7. The summed E-state index contributed by atoms with van der Waals surface area (Å²) >= 11 is 0. The Hall–Kier alpha value is -2.32.